The van der Waals surface area contributed by atoms with Gasteiger partial charge in [-0.2, -0.15) is 0 Å². The summed E-state index contributed by atoms with van der Waals surface area (Å²) in [6, 6.07) is 11.9. The maximum Gasteiger partial charge on any atom is 0.262 e. The van der Waals surface area contributed by atoms with Crippen LogP contribution in [0.3, 0.4) is 0 Å². The van der Waals surface area contributed by atoms with E-state index in [9.17, 15) is 8.42 Å². The molecule has 2 aromatic rings. The van der Waals surface area contributed by atoms with Crippen molar-refractivity contribution >= 4 is 27.1 Å². The number of nitrogens with two attached hydrogens (primary N) is 1. The van der Waals surface area contributed by atoms with Crippen LogP contribution in [0.2, 0.25) is 0 Å². The van der Waals surface area contributed by atoms with Crippen LogP contribution in [0.4, 0.5) is 17.1 Å². The van der Waals surface area contributed by atoms with Crippen LogP contribution >= 0.6 is 0 Å². The first-order chi connectivity index (χ1) is 9.81. The molecule has 0 fully saturated rings. The highest BCUT2D eigenvalue weighted by Gasteiger charge is 2.17. The molecule has 0 aliphatic carbocycles. The Bertz CT molecular complexity index is 755. The standard InChI is InChI=1S/C15H19N3O2S/c1-11-8-9-12(10-13(11)16)21(19,20)17-14-6-4-5-7-15(14)18(2)3/h4-10,17H,16H2,1-3H3. The molecule has 0 radical (unpaired) electrons. The van der Waals surface area contributed by atoms with Crippen molar-refractivity contribution in [1.29, 1.82) is 0 Å². The molecular formula is C15H19N3O2S. The number of benzene rings is 2. The molecule has 0 aliphatic heterocycles. The summed E-state index contributed by atoms with van der Waals surface area (Å²) >= 11 is 0. The summed E-state index contributed by atoms with van der Waals surface area (Å²) in [5, 5.41) is 0. The van der Waals surface area contributed by atoms with Crippen LogP contribution < -0.4 is 15.4 Å². The van der Waals surface area contributed by atoms with Crippen LogP contribution in [0.15, 0.2) is 47.4 Å². The molecule has 112 valence electrons. The van der Waals surface area contributed by atoms with Gasteiger partial charge in [0.25, 0.3) is 10.0 Å². The molecule has 0 spiro atoms. The molecule has 0 atom stereocenters. The first-order valence-corrected chi connectivity index (χ1v) is 7.95. The highest BCUT2D eigenvalue weighted by Crippen LogP contribution is 2.27. The molecule has 0 aromatic heterocycles. The van der Waals surface area contributed by atoms with E-state index in [-0.39, 0.29) is 4.90 Å². The molecule has 2 rings (SSSR count). The van der Waals surface area contributed by atoms with E-state index in [2.05, 4.69) is 4.72 Å². The highest BCUT2D eigenvalue weighted by molar-refractivity contribution is 7.92. The third-order valence-electron chi connectivity index (χ3n) is 3.19. The maximum atomic E-state index is 12.5. The minimum atomic E-state index is -3.67. The lowest BCUT2D eigenvalue weighted by Crippen LogP contribution is -2.17. The minimum absolute atomic E-state index is 0.152. The van der Waals surface area contributed by atoms with Crippen LogP contribution in [0.5, 0.6) is 0 Å². The van der Waals surface area contributed by atoms with E-state index in [1.807, 2.05) is 38.1 Å². The predicted molar refractivity (Wildman–Crippen MR) is 87.2 cm³/mol. The second-order valence-electron chi connectivity index (χ2n) is 5.04. The monoisotopic (exact) mass is 305 g/mol. The van der Waals surface area contributed by atoms with Gasteiger partial charge in [0.15, 0.2) is 0 Å². The Labute approximate surface area is 125 Å². The first-order valence-electron chi connectivity index (χ1n) is 6.46. The van der Waals surface area contributed by atoms with Gasteiger partial charge in [-0.1, -0.05) is 18.2 Å². The first kappa shape index (κ1) is 15.2. The van der Waals surface area contributed by atoms with Gasteiger partial charge in [0.2, 0.25) is 0 Å². The van der Waals surface area contributed by atoms with E-state index < -0.39 is 10.0 Å². The normalized spacial score (nSPS) is 11.2. The number of nitrogens with zero attached hydrogens (tertiary/aromatic N) is 1. The molecule has 6 heteroatoms. The Morgan fingerprint density at radius 2 is 1.76 bits per heavy atom. The lowest BCUT2D eigenvalue weighted by atomic mass is 10.2. The summed E-state index contributed by atoms with van der Waals surface area (Å²) in [6.07, 6.45) is 0. The third kappa shape index (κ3) is 3.28. The summed E-state index contributed by atoms with van der Waals surface area (Å²) < 4.78 is 27.5. The smallest absolute Gasteiger partial charge is 0.262 e. The zero-order valence-corrected chi connectivity index (χ0v) is 13.1. The summed E-state index contributed by atoms with van der Waals surface area (Å²) in [7, 11) is 0.0510. The third-order valence-corrected chi connectivity index (χ3v) is 4.55. The van der Waals surface area contributed by atoms with Crippen molar-refractivity contribution < 1.29 is 8.42 Å². The maximum absolute atomic E-state index is 12.5. The molecule has 0 saturated carbocycles. The lowest BCUT2D eigenvalue weighted by Gasteiger charge is -2.18. The minimum Gasteiger partial charge on any atom is -0.398 e. The Morgan fingerprint density at radius 1 is 1.10 bits per heavy atom. The van der Waals surface area contributed by atoms with E-state index in [1.165, 1.54) is 6.07 Å². The molecule has 2 aromatic carbocycles. The van der Waals surface area contributed by atoms with E-state index in [1.54, 1.807) is 24.3 Å². The van der Waals surface area contributed by atoms with Gasteiger partial charge in [0.1, 0.15) is 0 Å². The van der Waals surface area contributed by atoms with Gasteiger partial charge in [0, 0.05) is 19.8 Å². The van der Waals surface area contributed by atoms with Crippen LogP contribution in [-0.2, 0) is 10.0 Å². The zero-order valence-electron chi connectivity index (χ0n) is 12.3. The molecule has 21 heavy (non-hydrogen) atoms. The molecule has 0 aliphatic rings. The molecule has 0 saturated heterocycles. The van der Waals surface area contributed by atoms with Gasteiger partial charge in [-0.25, -0.2) is 8.42 Å². The van der Waals surface area contributed by atoms with Crippen molar-refractivity contribution in [1.82, 2.24) is 0 Å². The molecule has 0 unspecified atom stereocenters. The van der Waals surface area contributed by atoms with Crippen molar-refractivity contribution in [2.24, 2.45) is 0 Å². The summed E-state index contributed by atoms with van der Waals surface area (Å²) in [5.74, 6) is 0. The summed E-state index contributed by atoms with van der Waals surface area (Å²) in [6.45, 7) is 1.83. The van der Waals surface area contributed by atoms with Crippen molar-refractivity contribution in [3.8, 4) is 0 Å². The van der Waals surface area contributed by atoms with Gasteiger partial charge in [-0.15, -0.1) is 0 Å². The van der Waals surface area contributed by atoms with Crippen molar-refractivity contribution in [3.05, 3.63) is 48.0 Å². The van der Waals surface area contributed by atoms with E-state index in [4.69, 9.17) is 5.73 Å². The van der Waals surface area contributed by atoms with Crippen LogP contribution in [0.1, 0.15) is 5.56 Å². The summed E-state index contributed by atoms with van der Waals surface area (Å²) in [5.41, 5.74) is 8.42. The molecule has 5 nitrogen and oxygen atoms in total. The molecule has 0 amide bonds. The van der Waals surface area contributed by atoms with Crippen LogP contribution in [0, 0.1) is 6.92 Å². The number of rotatable bonds is 4. The van der Waals surface area contributed by atoms with Crippen LogP contribution in [-0.4, -0.2) is 22.5 Å². The quantitative estimate of drug-likeness (QED) is 0.851. The van der Waals surface area contributed by atoms with E-state index in [0.29, 0.717) is 11.4 Å². The van der Waals surface area contributed by atoms with Crippen LogP contribution in [0.25, 0.3) is 0 Å². The second kappa shape index (κ2) is 5.65. The number of para-hydroxylation sites is 2. The lowest BCUT2D eigenvalue weighted by molar-refractivity contribution is 0.601. The number of anilines is 3. The van der Waals surface area contributed by atoms with E-state index >= 15 is 0 Å². The Balaban J connectivity index is 2.40. The fourth-order valence-corrected chi connectivity index (χ4v) is 3.05. The number of aryl methyl sites for hydroxylation is 1. The molecular weight excluding hydrogens is 286 g/mol. The number of nitrogens with one attached hydrogen (secondary N) is 1. The molecule has 0 heterocycles. The Hall–Kier alpha value is -2.21. The van der Waals surface area contributed by atoms with Gasteiger partial charge in [-0.05, 0) is 36.8 Å². The molecule has 3 N–H and O–H groups in total. The number of hydrogen-bond donors (Lipinski definition) is 2. The highest BCUT2D eigenvalue weighted by atomic mass is 32.2. The van der Waals surface area contributed by atoms with Gasteiger partial charge >= 0.3 is 0 Å². The van der Waals surface area contributed by atoms with E-state index in [0.717, 1.165) is 11.3 Å². The average Bonchev–Trinajstić information content (AvgIpc) is 2.41. The number of sulfonamides is 1. The topological polar surface area (TPSA) is 75.4 Å². The average molecular weight is 305 g/mol. The zero-order chi connectivity index (χ0) is 15.6. The van der Waals surface area contributed by atoms with Gasteiger partial charge in [-0.3, -0.25) is 4.72 Å². The molecule has 0 bridgehead atoms. The SMILES string of the molecule is Cc1ccc(S(=O)(=O)Nc2ccccc2N(C)C)cc1N. The second-order valence-corrected chi connectivity index (χ2v) is 6.72. The fraction of sp³-hybridized carbons (Fsp3) is 0.200. The largest absolute Gasteiger partial charge is 0.398 e. The Kier molecular flexibility index (Phi) is 4.09. The predicted octanol–water partition coefficient (Wildman–Crippen LogP) is 2.44. The van der Waals surface area contributed by atoms with Gasteiger partial charge in [0.05, 0.1) is 16.3 Å². The van der Waals surface area contributed by atoms with Gasteiger partial charge < -0.3 is 10.6 Å². The van der Waals surface area contributed by atoms with Crippen molar-refractivity contribution in [2.45, 2.75) is 11.8 Å². The summed E-state index contributed by atoms with van der Waals surface area (Å²) in [4.78, 5) is 2.00. The van der Waals surface area contributed by atoms with Crippen molar-refractivity contribution in [2.75, 3.05) is 29.5 Å². The Morgan fingerprint density at radius 3 is 2.38 bits per heavy atom. The fourth-order valence-electron chi connectivity index (χ4n) is 1.94. The van der Waals surface area contributed by atoms with Crippen molar-refractivity contribution in [3.63, 3.8) is 0 Å². The number of hydrogen-bond acceptors (Lipinski definition) is 4. The number of nitrogen functional groups attached to an aromatic ring is 1.